The van der Waals surface area contributed by atoms with Crippen LogP contribution in [0.5, 0.6) is 11.5 Å². The van der Waals surface area contributed by atoms with Crippen molar-refractivity contribution in [3.05, 3.63) is 72.1 Å². The monoisotopic (exact) mass is 455 g/mol. The van der Waals surface area contributed by atoms with Crippen molar-refractivity contribution in [1.82, 2.24) is 9.71 Å². The molecule has 0 aromatic heterocycles. The van der Waals surface area contributed by atoms with E-state index in [-0.39, 0.29) is 27.8 Å². The first-order chi connectivity index (χ1) is 15.2. The Bertz CT molecular complexity index is 1460. The molecule has 2 aromatic carbocycles. The first-order valence-electron chi connectivity index (χ1n) is 9.24. The number of benzene rings is 2. The quantitative estimate of drug-likeness (QED) is 0.442. The SMILES string of the molecule is Cc1cc(-c2cc(S(=O)(=O)CC#N)ccc2Oc2ccc(F)cc2F)c2ccnc-2n1O. The van der Waals surface area contributed by atoms with Gasteiger partial charge in [0, 0.05) is 23.4 Å². The molecule has 0 saturated heterocycles. The lowest BCUT2D eigenvalue weighted by Crippen LogP contribution is -2.07. The highest BCUT2D eigenvalue weighted by Gasteiger charge is 2.23. The zero-order chi connectivity index (χ0) is 23.0. The summed E-state index contributed by atoms with van der Waals surface area (Å²) in [6.07, 6.45) is 1.47. The van der Waals surface area contributed by atoms with Gasteiger partial charge in [0.1, 0.15) is 17.3 Å². The molecule has 1 N–H and O–H groups in total. The maximum atomic E-state index is 14.2. The van der Waals surface area contributed by atoms with Crippen LogP contribution < -0.4 is 4.74 Å². The summed E-state index contributed by atoms with van der Waals surface area (Å²) in [5, 5.41) is 19.1. The number of rotatable bonds is 5. The Morgan fingerprint density at radius 2 is 1.81 bits per heavy atom. The molecular formula is C22H15F2N3O4S. The van der Waals surface area contributed by atoms with E-state index in [1.54, 1.807) is 25.1 Å². The lowest BCUT2D eigenvalue weighted by molar-refractivity contribution is 0.180. The zero-order valence-electron chi connectivity index (χ0n) is 16.6. The van der Waals surface area contributed by atoms with Gasteiger partial charge in [0.2, 0.25) is 0 Å². The fraction of sp³-hybridized carbons (Fsp3) is 0.0909. The predicted octanol–water partition coefficient (Wildman–Crippen LogP) is 4.57. The topological polar surface area (TPSA) is 105 Å². The van der Waals surface area contributed by atoms with E-state index in [0.717, 1.165) is 16.9 Å². The molecule has 2 aliphatic rings. The van der Waals surface area contributed by atoms with Gasteiger partial charge in [-0.15, -0.1) is 0 Å². The molecule has 0 radical (unpaired) electrons. The van der Waals surface area contributed by atoms with E-state index in [9.17, 15) is 22.4 Å². The first-order valence-corrected chi connectivity index (χ1v) is 10.9. The van der Waals surface area contributed by atoms with Gasteiger partial charge in [-0.05, 0) is 55.0 Å². The molecule has 10 heteroatoms. The molecule has 2 aliphatic heterocycles. The molecular weight excluding hydrogens is 440 g/mol. The third-order valence-electron chi connectivity index (χ3n) is 4.83. The van der Waals surface area contributed by atoms with Gasteiger partial charge in [-0.3, -0.25) is 0 Å². The average molecular weight is 455 g/mol. The highest BCUT2D eigenvalue weighted by molar-refractivity contribution is 7.91. The summed E-state index contributed by atoms with van der Waals surface area (Å²) in [6, 6.07) is 11.5. The molecule has 0 spiro atoms. The molecule has 0 atom stereocenters. The van der Waals surface area contributed by atoms with Crippen molar-refractivity contribution in [3.8, 4) is 40.1 Å². The molecule has 0 amide bonds. The van der Waals surface area contributed by atoms with Crippen molar-refractivity contribution in [2.45, 2.75) is 11.8 Å². The molecule has 0 aliphatic carbocycles. The molecule has 0 unspecified atom stereocenters. The van der Waals surface area contributed by atoms with Crippen LogP contribution >= 0.6 is 0 Å². The van der Waals surface area contributed by atoms with Gasteiger partial charge in [0.15, 0.2) is 27.2 Å². The van der Waals surface area contributed by atoms with Crippen LogP contribution in [0.15, 0.2) is 59.6 Å². The van der Waals surface area contributed by atoms with E-state index in [1.165, 1.54) is 24.4 Å². The summed E-state index contributed by atoms with van der Waals surface area (Å²) in [5.74, 6) is -2.38. The van der Waals surface area contributed by atoms with E-state index < -0.39 is 27.2 Å². The van der Waals surface area contributed by atoms with Crippen LogP contribution in [0, 0.1) is 29.9 Å². The smallest absolute Gasteiger partial charge is 0.191 e. The molecule has 162 valence electrons. The number of nitrogens with zero attached hydrogens (tertiary/aromatic N) is 3. The highest BCUT2D eigenvalue weighted by Crippen LogP contribution is 2.41. The number of pyridine rings is 1. The van der Waals surface area contributed by atoms with Gasteiger partial charge in [-0.25, -0.2) is 22.2 Å². The number of aromatic nitrogens is 2. The Morgan fingerprint density at radius 1 is 1.06 bits per heavy atom. The Hall–Kier alpha value is -3.97. The van der Waals surface area contributed by atoms with Crippen molar-refractivity contribution < 1.29 is 27.1 Å². The summed E-state index contributed by atoms with van der Waals surface area (Å²) in [5.41, 5.74) is 1.61. The average Bonchev–Trinajstić information content (AvgIpc) is 3.23. The van der Waals surface area contributed by atoms with E-state index in [1.807, 2.05) is 0 Å². The summed E-state index contributed by atoms with van der Waals surface area (Å²) in [4.78, 5) is 3.98. The molecule has 2 heterocycles. The van der Waals surface area contributed by atoms with Gasteiger partial charge in [-0.2, -0.15) is 9.99 Å². The van der Waals surface area contributed by atoms with Crippen molar-refractivity contribution in [3.63, 3.8) is 0 Å². The van der Waals surface area contributed by atoms with Crippen molar-refractivity contribution in [2.24, 2.45) is 0 Å². The molecule has 7 nitrogen and oxygen atoms in total. The summed E-state index contributed by atoms with van der Waals surface area (Å²) < 4.78 is 59.0. The van der Waals surface area contributed by atoms with Crippen LogP contribution in [0.1, 0.15) is 5.69 Å². The summed E-state index contributed by atoms with van der Waals surface area (Å²) >= 11 is 0. The number of aryl methyl sites for hydroxylation is 1. The molecule has 0 saturated carbocycles. The van der Waals surface area contributed by atoms with E-state index in [0.29, 0.717) is 22.9 Å². The van der Waals surface area contributed by atoms with Crippen molar-refractivity contribution in [2.75, 3.05) is 5.75 Å². The van der Waals surface area contributed by atoms with Crippen LogP contribution in [0.4, 0.5) is 8.78 Å². The number of nitriles is 1. The summed E-state index contributed by atoms with van der Waals surface area (Å²) in [6.45, 7) is 1.62. The maximum Gasteiger partial charge on any atom is 0.191 e. The van der Waals surface area contributed by atoms with Gasteiger partial charge < -0.3 is 9.94 Å². The van der Waals surface area contributed by atoms with Gasteiger partial charge in [0.25, 0.3) is 0 Å². The van der Waals surface area contributed by atoms with Crippen LogP contribution in [0.25, 0.3) is 22.5 Å². The standard InChI is InChI=1S/C22H15F2N3O4S/c1-13-10-17(16-6-8-26-22(16)27(13)28)18-12-15(32(29,30)9-7-25)3-5-20(18)31-21-4-2-14(23)11-19(21)24/h2-6,8,10-12,28H,9H2,1H3. The second-order valence-electron chi connectivity index (χ2n) is 6.95. The molecule has 4 rings (SSSR count). The Morgan fingerprint density at radius 3 is 2.53 bits per heavy atom. The normalized spacial score (nSPS) is 11.4. The van der Waals surface area contributed by atoms with E-state index >= 15 is 0 Å². The lowest BCUT2D eigenvalue weighted by Gasteiger charge is -2.18. The number of fused-ring (bicyclic) bond motifs is 1. The van der Waals surface area contributed by atoms with Crippen molar-refractivity contribution >= 4 is 9.84 Å². The third kappa shape index (κ3) is 3.74. The van der Waals surface area contributed by atoms with Crippen LogP contribution in [0.3, 0.4) is 0 Å². The minimum Gasteiger partial charge on any atom is -0.454 e. The second kappa shape index (κ2) is 7.94. The third-order valence-corrected chi connectivity index (χ3v) is 6.31. The van der Waals surface area contributed by atoms with Gasteiger partial charge in [-0.1, -0.05) is 0 Å². The first kappa shape index (κ1) is 21.3. The zero-order valence-corrected chi connectivity index (χ0v) is 17.4. The largest absolute Gasteiger partial charge is 0.454 e. The van der Waals surface area contributed by atoms with E-state index in [4.69, 9.17) is 10.00 Å². The van der Waals surface area contributed by atoms with Crippen LogP contribution in [-0.4, -0.2) is 29.1 Å². The van der Waals surface area contributed by atoms with Crippen molar-refractivity contribution in [1.29, 1.82) is 5.26 Å². The second-order valence-corrected chi connectivity index (χ2v) is 8.93. The fourth-order valence-electron chi connectivity index (χ4n) is 3.29. The van der Waals surface area contributed by atoms with Crippen LogP contribution in [0.2, 0.25) is 0 Å². The number of hydrogen-bond acceptors (Lipinski definition) is 6. The number of sulfone groups is 1. The maximum absolute atomic E-state index is 14.2. The number of halogens is 2. The Balaban J connectivity index is 1.95. The lowest BCUT2D eigenvalue weighted by atomic mass is 9.98. The number of hydrogen-bond donors (Lipinski definition) is 1. The highest BCUT2D eigenvalue weighted by atomic mass is 32.2. The molecule has 0 fully saturated rings. The fourth-order valence-corrected chi connectivity index (χ4v) is 4.20. The van der Waals surface area contributed by atoms with Crippen LogP contribution in [-0.2, 0) is 9.84 Å². The predicted molar refractivity (Wildman–Crippen MR) is 110 cm³/mol. The molecule has 2 aromatic rings. The van der Waals surface area contributed by atoms with E-state index in [2.05, 4.69) is 4.98 Å². The summed E-state index contributed by atoms with van der Waals surface area (Å²) in [7, 11) is -3.91. The molecule has 32 heavy (non-hydrogen) atoms. The van der Waals surface area contributed by atoms with Gasteiger partial charge >= 0.3 is 0 Å². The molecule has 0 bridgehead atoms. The Kier molecular flexibility index (Phi) is 5.28. The minimum atomic E-state index is -3.91. The Labute approximate surface area is 182 Å². The minimum absolute atomic E-state index is 0.0870. The number of ether oxygens (including phenoxy) is 1. The van der Waals surface area contributed by atoms with Gasteiger partial charge in [0.05, 0.1) is 16.7 Å².